The van der Waals surface area contributed by atoms with Crippen LogP contribution in [0.4, 0.5) is 10.6 Å². The van der Waals surface area contributed by atoms with Crippen LogP contribution in [0.2, 0.25) is 0 Å². The fourth-order valence-corrected chi connectivity index (χ4v) is 1.16. The molecule has 2 N–H and O–H groups in total. The summed E-state index contributed by atoms with van der Waals surface area (Å²) in [4.78, 5) is 20.7. The van der Waals surface area contributed by atoms with E-state index < -0.39 is 11.7 Å². The van der Waals surface area contributed by atoms with Crippen LogP contribution in [0.3, 0.4) is 0 Å². The van der Waals surface area contributed by atoms with Crippen LogP contribution in [0.1, 0.15) is 20.8 Å². The molecule has 0 fully saturated rings. The van der Waals surface area contributed by atoms with Gasteiger partial charge in [0.1, 0.15) is 18.5 Å². The van der Waals surface area contributed by atoms with Crippen LogP contribution in [0, 0.1) is 0 Å². The number of nitrogens with two attached hydrogens (primary N) is 1. The predicted octanol–water partition coefficient (Wildman–Crippen LogP) is 1.30. The van der Waals surface area contributed by atoms with E-state index in [1.165, 1.54) is 17.4 Å². The number of ether oxygens (including phenoxy) is 2. The molecule has 0 aromatic carbocycles. The first-order valence-electron chi connectivity index (χ1n) is 5.92. The van der Waals surface area contributed by atoms with Crippen molar-refractivity contribution in [2.75, 3.05) is 25.9 Å². The van der Waals surface area contributed by atoms with Crippen LogP contribution in [-0.2, 0) is 4.74 Å². The number of amides is 1. The average molecular weight is 268 g/mol. The number of nitrogen functional groups attached to an aromatic ring is 1. The lowest BCUT2D eigenvalue weighted by Gasteiger charge is -2.24. The molecule has 0 unspecified atom stereocenters. The van der Waals surface area contributed by atoms with Gasteiger partial charge in [0, 0.05) is 7.05 Å². The fraction of sp³-hybridized carbons (Fsp3) is 0.583. The van der Waals surface area contributed by atoms with Crippen molar-refractivity contribution in [1.82, 2.24) is 14.9 Å². The molecule has 1 heterocycles. The maximum Gasteiger partial charge on any atom is 0.410 e. The van der Waals surface area contributed by atoms with E-state index in [1.54, 1.807) is 7.05 Å². The summed E-state index contributed by atoms with van der Waals surface area (Å²) in [5.41, 5.74) is 5.09. The summed E-state index contributed by atoms with van der Waals surface area (Å²) in [5.74, 6) is 0.676. The summed E-state index contributed by atoms with van der Waals surface area (Å²) in [6.07, 6.45) is 2.43. The van der Waals surface area contributed by atoms with E-state index in [1.807, 2.05) is 20.8 Å². The van der Waals surface area contributed by atoms with Crippen molar-refractivity contribution in [1.29, 1.82) is 0 Å². The van der Waals surface area contributed by atoms with E-state index in [0.717, 1.165) is 0 Å². The molecular formula is C12H20N4O3. The average Bonchev–Trinajstić information content (AvgIpc) is 2.29. The smallest absolute Gasteiger partial charge is 0.410 e. The van der Waals surface area contributed by atoms with E-state index in [-0.39, 0.29) is 12.4 Å². The second-order valence-electron chi connectivity index (χ2n) is 5.02. The third kappa shape index (κ3) is 5.41. The number of carbonyl (C=O) groups is 1. The van der Waals surface area contributed by atoms with Crippen LogP contribution in [0.5, 0.6) is 5.75 Å². The number of likely N-dealkylation sites (N-methyl/N-ethyl adjacent to an activating group) is 1. The molecule has 0 radical (unpaired) electrons. The van der Waals surface area contributed by atoms with E-state index in [4.69, 9.17) is 15.2 Å². The molecule has 1 aromatic heterocycles. The van der Waals surface area contributed by atoms with Gasteiger partial charge in [-0.3, -0.25) is 0 Å². The first-order valence-corrected chi connectivity index (χ1v) is 5.92. The van der Waals surface area contributed by atoms with Crippen molar-refractivity contribution in [2.24, 2.45) is 0 Å². The molecule has 1 amide bonds. The van der Waals surface area contributed by atoms with Crippen molar-refractivity contribution in [3.63, 3.8) is 0 Å². The van der Waals surface area contributed by atoms with E-state index >= 15 is 0 Å². The van der Waals surface area contributed by atoms with Gasteiger partial charge in [0.05, 0.1) is 12.7 Å². The summed E-state index contributed by atoms with van der Waals surface area (Å²) >= 11 is 0. The molecule has 7 nitrogen and oxygen atoms in total. The highest BCUT2D eigenvalue weighted by atomic mass is 16.6. The molecule has 7 heteroatoms. The molecule has 0 bridgehead atoms. The van der Waals surface area contributed by atoms with Gasteiger partial charge in [-0.25, -0.2) is 14.8 Å². The Morgan fingerprint density at radius 2 is 2.16 bits per heavy atom. The molecule has 1 rings (SSSR count). The van der Waals surface area contributed by atoms with E-state index in [2.05, 4.69) is 9.97 Å². The first kappa shape index (κ1) is 15.0. The standard InChI is InChI=1S/C12H20N4O3/c1-12(2,3)19-11(17)16(4)5-6-18-9-7-14-8-15-10(9)13/h7-8H,5-6H2,1-4H3,(H2,13,14,15). The molecule has 0 aliphatic rings. The number of hydrogen-bond acceptors (Lipinski definition) is 6. The SMILES string of the molecule is CN(CCOc1cncnc1N)C(=O)OC(C)(C)C. The van der Waals surface area contributed by atoms with Gasteiger partial charge >= 0.3 is 6.09 Å². The van der Waals surface area contributed by atoms with Crippen molar-refractivity contribution < 1.29 is 14.3 Å². The third-order valence-electron chi connectivity index (χ3n) is 2.10. The first-order chi connectivity index (χ1) is 8.79. The maximum absolute atomic E-state index is 11.7. The van der Waals surface area contributed by atoms with Crippen molar-refractivity contribution >= 4 is 11.9 Å². The van der Waals surface area contributed by atoms with Crippen LogP contribution in [0.15, 0.2) is 12.5 Å². The van der Waals surface area contributed by atoms with Crippen molar-refractivity contribution in [3.8, 4) is 5.75 Å². The van der Waals surface area contributed by atoms with Gasteiger partial charge in [0.2, 0.25) is 0 Å². The molecular weight excluding hydrogens is 248 g/mol. The maximum atomic E-state index is 11.7. The zero-order chi connectivity index (χ0) is 14.5. The van der Waals surface area contributed by atoms with Gasteiger partial charge in [-0.1, -0.05) is 0 Å². The van der Waals surface area contributed by atoms with Gasteiger partial charge in [0.25, 0.3) is 0 Å². The zero-order valence-corrected chi connectivity index (χ0v) is 11.7. The van der Waals surface area contributed by atoms with Crippen molar-refractivity contribution in [3.05, 3.63) is 12.5 Å². The van der Waals surface area contributed by atoms with Crippen LogP contribution in [0.25, 0.3) is 0 Å². The monoisotopic (exact) mass is 268 g/mol. The highest BCUT2D eigenvalue weighted by Gasteiger charge is 2.19. The van der Waals surface area contributed by atoms with Gasteiger partial charge in [-0.05, 0) is 20.8 Å². The Morgan fingerprint density at radius 1 is 1.47 bits per heavy atom. The third-order valence-corrected chi connectivity index (χ3v) is 2.10. The number of anilines is 1. The Hall–Kier alpha value is -2.05. The fourth-order valence-electron chi connectivity index (χ4n) is 1.16. The molecule has 0 atom stereocenters. The van der Waals surface area contributed by atoms with Gasteiger partial charge < -0.3 is 20.1 Å². The van der Waals surface area contributed by atoms with Crippen LogP contribution < -0.4 is 10.5 Å². The highest BCUT2D eigenvalue weighted by Crippen LogP contribution is 2.15. The van der Waals surface area contributed by atoms with Crippen LogP contribution in [-0.4, -0.2) is 46.8 Å². The number of hydrogen-bond donors (Lipinski definition) is 1. The second kappa shape index (κ2) is 6.21. The molecule has 0 saturated carbocycles. The molecule has 19 heavy (non-hydrogen) atoms. The molecule has 0 aliphatic carbocycles. The lowest BCUT2D eigenvalue weighted by molar-refractivity contribution is 0.0278. The Morgan fingerprint density at radius 3 is 2.74 bits per heavy atom. The minimum Gasteiger partial charge on any atom is -0.486 e. The number of carbonyl (C=O) groups excluding carboxylic acids is 1. The Labute approximate surface area is 112 Å². The number of aromatic nitrogens is 2. The normalized spacial score (nSPS) is 10.9. The molecule has 0 spiro atoms. The highest BCUT2D eigenvalue weighted by molar-refractivity contribution is 5.67. The molecule has 0 saturated heterocycles. The quantitative estimate of drug-likeness (QED) is 0.885. The summed E-state index contributed by atoms with van der Waals surface area (Å²) in [6.45, 7) is 6.11. The molecule has 1 aromatic rings. The zero-order valence-electron chi connectivity index (χ0n) is 11.7. The van der Waals surface area contributed by atoms with E-state index in [0.29, 0.717) is 12.3 Å². The minimum absolute atomic E-state index is 0.273. The van der Waals surface area contributed by atoms with Crippen molar-refractivity contribution in [2.45, 2.75) is 26.4 Å². The van der Waals surface area contributed by atoms with Gasteiger partial charge in [-0.15, -0.1) is 0 Å². The summed E-state index contributed by atoms with van der Waals surface area (Å²) < 4.78 is 10.6. The van der Waals surface area contributed by atoms with Crippen LogP contribution >= 0.6 is 0 Å². The number of rotatable bonds is 4. The Bertz CT molecular complexity index is 431. The molecule has 106 valence electrons. The Balaban J connectivity index is 2.37. The van der Waals surface area contributed by atoms with Gasteiger partial charge in [0.15, 0.2) is 11.6 Å². The topological polar surface area (TPSA) is 90.6 Å². The Kier molecular flexibility index (Phi) is 4.91. The second-order valence-corrected chi connectivity index (χ2v) is 5.02. The molecule has 0 aliphatic heterocycles. The summed E-state index contributed by atoms with van der Waals surface area (Å²) in [5, 5.41) is 0. The minimum atomic E-state index is -0.510. The summed E-state index contributed by atoms with van der Waals surface area (Å²) in [7, 11) is 1.64. The lowest BCUT2D eigenvalue weighted by atomic mass is 10.2. The van der Waals surface area contributed by atoms with Gasteiger partial charge in [-0.2, -0.15) is 0 Å². The van der Waals surface area contributed by atoms with E-state index in [9.17, 15) is 4.79 Å². The number of nitrogens with zero attached hydrogens (tertiary/aromatic N) is 3. The summed E-state index contributed by atoms with van der Waals surface area (Å²) in [6, 6.07) is 0. The predicted molar refractivity (Wildman–Crippen MR) is 70.8 cm³/mol. The largest absolute Gasteiger partial charge is 0.486 e. The lowest BCUT2D eigenvalue weighted by Crippen LogP contribution is -2.36.